The number of hydrogen-bond acceptors (Lipinski definition) is 5. The molecule has 3 aliphatic rings. The Hall–Kier alpha value is -1.41. The summed E-state index contributed by atoms with van der Waals surface area (Å²) in [5, 5.41) is 3.58. The number of aryl methyl sites for hydroxylation is 1. The van der Waals surface area contributed by atoms with Gasteiger partial charge in [0.2, 0.25) is 15.9 Å². The van der Waals surface area contributed by atoms with Crippen LogP contribution in [-0.4, -0.2) is 54.9 Å². The minimum Gasteiger partial charge on any atom is -0.360 e. The van der Waals surface area contributed by atoms with Gasteiger partial charge < -0.3 is 9.42 Å². The second-order valence-electron chi connectivity index (χ2n) is 7.77. The van der Waals surface area contributed by atoms with Crippen molar-refractivity contribution >= 4 is 15.9 Å². The van der Waals surface area contributed by atoms with Gasteiger partial charge in [-0.05, 0) is 44.9 Å². The Morgan fingerprint density at radius 1 is 1.28 bits per heavy atom. The first-order chi connectivity index (χ1) is 11.9. The van der Waals surface area contributed by atoms with Gasteiger partial charge in [0.25, 0.3) is 0 Å². The molecule has 0 unspecified atom stereocenters. The predicted molar refractivity (Wildman–Crippen MR) is 90.2 cm³/mol. The lowest BCUT2D eigenvalue weighted by molar-refractivity contribution is -0.146. The summed E-state index contributed by atoms with van der Waals surface area (Å²) in [5.74, 6) is 1.09. The van der Waals surface area contributed by atoms with E-state index in [2.05, 4.69) is 5.16 Å². The lowest BCUT2D eigenvalue weighted by Crippen LogP contribution is -2.52. The fraction of sp³-hybridized carbons (Fsp3) is 0.765. The number of nitrogens with zero attached hydrogens (tertiary/aromatic N) is 3. The van der Waals surface area contributed by atoms with E-state index in [1.165, 1.54) is 29.8 Å². The normalized spacial score (nSPS) is 28.7. The van der Waals surface area contributed by atoms with Crippen LogP contribution >= 0.6 is 0 Å². The fourth-order valence-corrected chi connectivity index (χ4v) is 6.01. The SMILES string of the molecule is Cc1oncc1S(=O)(=O)N1CC[C@]2(CCCN(CC3CCC3)C2=O)C1. The number of carbonyl (C=O) groups excluding carboxylic acids is 1. The van der Waals surface area contributed by atoms with E-state index in [9.17, 15) is 13.2 Å². The van der Waals surface area contributed by atoms with Gasteiger partial charge in [-0.3, -0.25) is 4.79 Å². The molecule has 1 aliphatic carbocycles. The second-order valence-corrected chi connectivity index (χ2v) is 9.67. The molecular weight excluding hydrogens is 342 g/mol. The van der Waals surface area contributed by atoms with E-state index in [4.69, 9.17) is 4.52 Å². The Labute approximate surface area is 148 Å². The van der Waals surface area contributed by atoms with Crippen LogP contribution < -0.4 is 0 Å². The monoisotopic (exact) mass is 367 g/mol. The Kier molecular flexibility index (Phi) is 4.15. The molecule has 2 saturated heterocycles. The van der Waals surface area contributed by atoms with Crippen LogP contribution in [0.1, 0.15) is 44.3 Å². The number of carbonyl (C=O) groups is 1. The van der Waals surface area contributed by atoms with Gasteiger partial charge in [0.1, 0.15) is 4.90 Å². The standard InChI is InChI=1S/C17H25N3O4S/c1-13-15(10-18-24-13)25(22,23)20-9-7-17(12-20)6-3-8-19(16(17)21)11-14-4-2-5-14/h10,14H,2-9,11-12H2,1H3/t17-/m1/s1. The van der Waals surface area contributed by atoms with Crippen LogP contribution in [0.15, 0.2) is 15.6 Å². The Morgan fingerprint density at radius 2 is 2.08 bits per heavy atom. The molecule has 1 saturated carbocycles. The van der Waals surface area contributed by atoms with Crippen molar-refractivity contribution in [1.82, 2.24) is 14.4 Å². The molecule has 1 atom stereocenters. The zero-order valence-corrected chi connectivity index (χ0v) is 15.4. The summed E-state index contributed by atoms with van der Waals surface area (Å²) in [6, 6.07) is 0. The second kappa shape index (κ2) is 6.09. The third kappa shape index (κ3) is 2.79. The average molecular weight is 367 g/mol. The quantitative estimate of drug-likeness (QED) is 0.810. The van der Waals surface area contributed by atoms with Gasteiger partial charge in [-0.2, -0.15) is 4.31 Å². The first-order valence-corrected chi connectivity index (χ1v) is 10.6. The molecule has 1 aromatic rings. The summed E-state index contributed by atoms with van der Waals surface area (Å²) in [4.78, 5) is 15.2. The molecule has 7 nitrogen and oxygen atoms in total. The molecule has 1 aromatic heterocycles. The van der Waals surface area contributed by atoms with E-state index in [-0.39, 0.29) is 17.3 Å². The predicted octanol–water partition coefficient (Wildman–Crippen LogP) is 1.79. The molecule has 1 spiro atoms. The van der Waals surface area contributed by atoms with Crippen LogP contribution in [0.25, 0.3) is 0 Å². The highest BCUT2D eigenvalue weighted by Crippen LogP contribution is 2.43. The lowest BCUT2D eigenvalue weighted by Gasteiger charge is -2.42. The molecular formula is C17H25N3O4S. The van der Waals surface area contributed by atoms with Crippen molar-refractivity contribution in [3.8, 4) is 0 Å². The number of piperidine rings is 1. The number of hydrogen-bond donors (Lipinski definition) is 0. The van der Waals surface area contributed by atoms with E-state index in [1.54, 1.807) is 6.92 Å². The first-order valence-electron chi connectivity index (χ1n) is 9.13. The van der Waals surface area contributed by atoms with Crippen molar-refractivity contribution in [3.63, 3.8) is 0 Å². The number of aromatic nitrogens is 1. The summed E-state index contributed by atoms with van der Waals surface area (Å²) >= 11 is 0. The lowest BCUT2D eigenvalue weighted by atomic mass is 9.77. The topological polar surface area (TPSA) is 83.7 Å². The smallest absolute Gasteiger partial charge is 0.248 e. The van der Waals surface area contributed by atoms with E-state index in [0.29, 0.717) is 24.6 Å². The number of rotatable bonds is 4. The van der Waals surface area contributed by atoms with E-state index < -0.39 is 15.4 Å². The van der Waals surface area contributed by atoms with Gasteiger partial charge >= 0.3 is 0 Å². The van der Waals surface area contributed by atoms with Crippen molar-refractivity contribution in [2.45, 2.75) is 50.3 Å². The summed E-state index contributed by atoms with van der Waals surface area (Å²) in [6.45, 7) is 3.92. The highest BCUT2D eigenvalue weighted by molar-refractivity contribution is 7.89. The summed E-state index contributed by atoms with van der Waals surface area (Å²) in [7, 11) is -3.65. The first kappa shape index (κ1) is 17.0. The average Bonchev–Trinajstić information content (AvgIpc) is 3.15. The molecule has 0 radical (unpaired) electrons. The number of likely N-dealkylation sites (tertiary alicyclic amines) is 1. The van der Waals surface area contributed by atoms with Crippen LogP contribution in [0.2, 0.25) is 0 Å². The molecule has 3 heterocycles. The van der Waals surface area contributed by atoms with Crippen molar-refractivity contribution in [3.05, 3.63) is 12.0 Å². The Morgan fingerprint density at radius 3 is 2.72 bits per heavy atom. The maximum atomic E-state index is 13.1. The van der Waals surface area contributed by atoms with Crippen LogP contribution in [0.4, 0.5) is 0 Å². The van der Waals surface area contributed by atoms with E-state index in [0.717, 1.165) is 25.9 Å². The molecule has 0 aromatic carbocycles. The third-order valence-corrected chi connectivity index (χ3v) is 8.11. The van der Waals surface area contributed by atoms with E-state index >= 15 is 0 Å². The molecule has 4 rings (SSSR count). The Bertz CT molecular complexity index is 771. The largest absolute Gasteiger partial charge is 0.360 e. The molecule has 138 valence electrons. The van der Waals surface area contributed by atoms with Crippen LogP contribution in [0.3, 0.4) is 0 Å². The molecule has 0 bridgehead atoms. The molecule has 1 amide bonds. The van der Waals surface area contributed by atoms with Gasteiger partial charge in [-0.1, -0.05) is 11.6 Å². The summed E-state index contributed by atoms with van der Waals surface area (Å²) in [6.07, 6.45) is 7.29. The Balaban J connectivity index is 1.52. The van der Waals surface area contributed by atoms with Crippen LogP contribution in [-0.2, 0) is 14.8 Å². The van der Waals surface area contributed by atoms with Gasteiger partial charge in [-0.15, -0.1) is 0 Å². The fourth-order valence-electron chi connectivity index (χ4n) is 4.41. The van der Waals surface area contributed by atoms with Gasteiger partial charge in [0.05, 0.1) is 11.6 Å². The van der Waals surface area contributed by atoms with Crippen molar-refractivity contribution < 1.29 is 17.7 Å². The van der Waals surface area contributed by atoms with Gasteiger partial charge in [0.15, 0.2) is 5.76 Å². The zero-order chi connectivity index (χ0) is 17.7. The van der Waals surface area contributed by atoms with Crippen LogP contribution in [0, 0.1) is 18.3 Å². The zero-order valence-electron chi connectivity index (χ0n) is 14.6. The van der Waals surface area contributed by atoms with Gasteiger partial charge in [-0.25, -0.2) is 8.42 Å². The van der Waals surface area contributed by atoms with Crippen molar-refractivity contribution in [1.29, 1.82) is 0 Å². The molecule has 25 heavy (non-hydrogen) atoms. The maximum Gasteiger partial charge on any atom is 0.248 e. The molecule has 0 N–H and O–H groups in total. The van der Waals surface area contributed by atoms with Gasteiger partial charge in [0, 0.05) is 26.2 Å². The summed E-state index contributed by atoms with van der Waals surface area (Å²) < 4.78 is 32.1. The minimum atomic E-state index is -3.65. The highest BCUT2D eigenvalue weighted by atomic mass is 32.2. The summed E-state index contributed by atoms with van der Waals surface area (Å²) in [5.41, 5.74) is -0.542. The minimum absolute atomic E-state index is 0.110. The number of sulfonamides is 1. The third-order valence-electron chi connectivity index (χ3n) is 6.17. The van der Waals surface area contributed by atoms with Crippen molar-refractivity contribution in [2.24, 2.45) is 11.3 Å². The molecule has 2 aliphatic heterocycles. The maximum absolute atomic E-state index is 13.1. The van der Waals surface area contributed by atoms with Crippen molar-refractivity contribution in [2.75, 3.05) is 26.2 Å². The van der Waals surface area contributed by atoms with E-state index in [1.807, 2.05) is 4.90 Å². The molecule has 8 heteroatoms. The highest BCUT2D eigenvalue weighted by Gasteiger charge is 2.51. The molecule has 3 fully saturated rings. The van der Waals surface area contributed by atoms with Crippen LogP contribution in [0.5, 0.6) is 0 Å². The number of amides is 1.